The van der Waals surface area contributed by atoms with Crippen LogP contribution in [0.2, 0.25) is 0 Å². The van der Waals surface area contributed by atoms with Gasteiger partial charge in [-0.3, -0.25) is 4.79 Å². The van der Waals surface area contributed by atoms with Gasteiger partial charge in [0, 0.05) is 28.2 Å². The zero-order chi connectivity index (χ0) is 18.5. The van der Waals surface area contributed by atoms with Crippen molar-refractivity contribution >= 4 is 23.0 Å². The van der Waals surface area contributed by atoms with E-state index < -0.39 is 0 Å². The van der Waals surface area contributed by atoms with Crippen molar-refractivity contribution in [2.45, 2.75) is 0 Å². The van der Waals surface area contributed by atoms with Gasteiger partial charge in [0.2, 0.25) is 5.75 Å². The van der Waals surface area contributed by atoms with Crippen LogP contribution < -0.4 is 19.6 Å². The highest BCUT2D eigenvalue weighted by atomic mass is 16.5. The smallest absolute Gasteiger partial charge is 0.271 e. The Morgan fingerprint density at radius 3 is 2.42 bits per heavy atom. The van der Waals surface area contributed by atoms with E-state index in [1.165, 1.54) is 21.3 Å². The van der Waals surface area contributed by atoms with Gasteiger partial charge in [0.25, 0.3) is 5.91 Å². The molecule has 0 fully saturated rings. The molecule has 2 N–H and O–H groups in total. The predicted molar refractivity (Wildman–Crippen MR) is 99.5 cm³/mol. The van der Waals surface area contributed by atoms with Crippen LogP contribution in [0.3, 0.4) is 0 Å². The van der Waals surface area contributed by atoms with Gasteiger partial charge in [-0.05, 0) is 18.2 Å². The minimum atomic E-state index is -0.389. The van der Waals surface area contributed by atoms with Gasteiger partial charge in [-0.15, -0.1) is 0 Å². The van der Waals surface area contributed by atoms with Gasteiger partial charge in [0.15, 0.2) is 11.5 Å². The molecule has 26 heavy (non-hydrogen) atoms. The molecular weight excluding hydrogens is 334 g/mol. The minimum absolute atomic E-state index is 0.343. The number of hydrogen-bond donors (Lipinski definition) is 2. The summed E-state index contributed by atoms with van der Waals surface area (Å²) in [5, 5.41) is 5.06. The highest BCUT2D eigenvalue weighted by Gasteiger charge is 2.16. The number of rotatable bonds is 6. The first-order chi connectivity index (χ1) is 12.7. The van der Waals surface area contributed by atoms with E-state index in [1.807, 2.05) is 30.5 Å². The van der Waals surface area contributed by atoms with Crippen molar-refractivity contribution in [2.24, 2.45) is 5.10 Å². The number of methoxy groups -OCH3 is 3. The van der Waals surface area contributed by atoms with Crippen LogP contribution in [0.4, 0.5) is 0 Å². The number of benzene rings is 2. The molecule has 1 heterocycles. The molecule has 0 aliphatic carbocycles. The number of aromatic nitrogens is 1. The van der Waals surface area contributed by atoms with Crippen molar-refractivity contribution in [3.05, 3.63) is 53.7 Å². The van der Waals surface area contributed by atoms with E-state index in [4.69, 9.17) is 14.2 Å². The Balaban J connectivity index is 1.79. The van der Waals surface area contributed by atoms with Crippen LogP contribution in [0.15, 0.2) is 47.7 Å². The fourth-order valence-corrected chi connectivity index (χ4v) is 2.64. The molecule has 1 amide bonds. The number of hydrogen-bond acceptors (Lipinski definition) is 5. The number of amides is 1. The first-order valence-corrected chi connectivity index (χ1v) is 7.87. The van der Waals surface area contributed by atoms with Crippen LogP contribution in [-0.2, 0) is 0 Å². The zero-order valence-corrected chi connectivity index (χ0v) is 14.7. The monoisotopic (exact) mass is 353 g/mol. The molecule has 0 aliphatic heterocycles. The van der Waals surface area contributed by atoms with E-state index >= 15 is 0 Å². The van der Waals surface area contributed by atoms with Crippen LogP contribution >= 0.6 is 0 Å². The maximum absolute atomic E-state index is 12.4. The van der Waals surface area contributed by atoms with E-state index in [2.05, 4.69) is 15.5 Å². The molecule has 0 aliphatic rings. The third kappa shape index (κ3) is 3.32. The Morgan fingerprint density at radius 2 is 1.77 bits per heavy atom. The Bertz CT molecular complexity index is 937. The molecule has 7 nitrogen and oxygen atoms in total. The van der Waals surface area contributed by atoms with Gasteiger partial charge in [-0.25, -0.2) is 5.43 Å². The first kappa shape index (κ1) is 17.3. The van der Waals surface area contributed by atoms with Crippen molar-refractivity contribution in [1.29, 1.82) is 0 Å². The summed E-state index contributed by atoms with van der Waals surface area (Å²) in [5.74, 6) is 0.837. The minimum Gasteiger partial charge on any atom is -0.493 e. The maximum atomic E-state index is 12.4. The van der Waals surface area contributed by atoms with Gasteiger partial charge in [-0.1, -0.05) is 18.2 Å². The molecule has 3 rings (SSSR count). The maximum Gasteiger partial charge on any atom is 0.271 e. The summed E-state index contributed by atoms with van der Waals surface area (Å²) in [6.45, 7) is 0. The molecule has 0 saturated carbocycles. The Kier molecular flexibility index (Phi) is 5.07. The average Bonchev–Trinajstić information content (AvgIpc) is 3.09. The molecule has 0 atom stereocenters. The van der Waals surface area contributed by atoms with Crippen molar-refractivity contribution in [2.75, 3.05) is 21.3 Å². The Hall–Kier alpha value is -3.48. The number of carbonyl (C=O) groups is 1. The predicted octanol–water partition coefficient (Wildman–Crippen LogP) is 2.96. The average molecular weight is 353 g/mol. The number of para-hydroxylation sites is 1. The number of carbonyl (C=O) groups excluding carboxylic acids is 1. The number of nitrogens with one attached hydrogen (secondary N) is 2. The van der Waals surface area contributed by atoms with E-state index in [0.717, 1.165) is 16.5 Å². The summed E-state index contributed by atoms with van der Waals surface area (Å²) in [7, 11) is 4.49. The third-order valence-electron chi connectivity index (χ3n) is 3.92. The normalized spacial score (nSPS) is 10.9. The number of aromatic amines is 1. The Labute approximate surface area is 150 Å². The molecule has 0 radical (unpaired) electrons. The Morgan fingerprint density at radius 1 is 1.08 bits per heavy atom. The largest absolute Gasteiger partial charge is 0.493 e. The molecular formula is C19H19N3O4. The van der Waals surface area contributed by atoms with E-state index in [9.17, 15) is 4.79 Å². The lowest BCUT2D eigenvalue weighted by Crippen LogP contribution is -2.18. The standard InChI is InChI=1S/C19H19N3O4/c1-24-16-8-12(9-17(25-2)18(16)26-3)19(23)22-21-11-13-10-20-15-7-5-4-6-14(13)15/h4-11,20H,1-3H3,(H,22,23)/b21-11-. The number of H-pyrrole nitrogens is 1. The highest BCUT2D eigenvalue weighted by molar-refractivity contribution is 6.00. The number of nitrogens with zero attached hydrogens (tertiary/aromatic N) is 1. The van der Waals surface area contributed by atoms with Crippen LogP contribution in [0.5, 0.6) is 17.2 Å². The summed E-state index contributed by atoms with van der Waals surface area (Å²) >= 11 is 0. The summed E-state index contributed by atoms with van der Waals surface area (Å²) in [4.78, 5) is 15.5. The molecule has 2 aromatic carbocycles. The van der Waals surface area contributed by atoms with Gasteiger partial charge >= 0.3 is 0 Å². The molecule has 3 aromatic rings. The van der Waals surface area contributed by atoms with Crippen molar-refractivity contribution < 1.29 is 19.0 Å². The second-order valence-electron chi connectivity index (χ2n) is 5.40. The molecule has 0 saturated heterocycles. The first-order valence-electron chi connectivity index (χ1n) is 7.87. The lowest BCUT2D eigenvalue weighted by Gasteiger charge is -2.13. The van der Waals surface area contributed by atoms with Gasteiger partial charge in [0.05, 0.1) is 27.5 Å². The summed E-state index contributed by atoms with van der Waals surface area (Å²) < 4.78 is 15.8. The summed E-state index contributed by atoms with van der Waals surface area (Å²) in [6, 6.07) is 11.0. The quantitative estimate of drug-likeness (QED) is 0.527. The second kappa shape index (κ2) is 7.60. The lowest BCUT2D eigenvalue weighted by molar-refractivity contribution is 0.0954. The molecule has 134 valence electrons. The number of hydrazone groups is 1. The molecule has 7 heteroatoms. The van der Waals surface area contributed by atoms with E-state index in [-0.39, 0.29) is 5.91 Å². The number of ether oxygens (including phenoxy) is 3. The number of fused-ring (bicyclic) bond motifs is 1. The zero-order valence-electron chi connectivity index (χ0n) is 14.7. The van der Waals surface area contributed by atoms with Crippen molar-refractivity contribution in [3.8, 4) is 17.2 Å². The molecule has 0 unspecified atom stereocenters. The second-order valence-corrected chi connectivity index (χ2v) is 5.40. The van der Waals surface area contributed by atoms with Crippen LogP contribution in [-0.4, -0.2) is 38.4 Å². The summed E-state index contributed by atoms with van der Waals surface area (Å²) in [6.07, 6.45) is 3.43. The van der Waals surface area contributed by atoms with Crippen LogP contribution in [0, 0.1) is 0 Å². The molecule has 0 spiro atoms. The van der Waals surface area contributed by atoms with Gasteiger partial charge < -0.3 is 19.2 Å². The fraction of sp³-hybridized carbons (Fsp3) is 0.158. The van der Waals surface area contributed by atoms with Gasteiger partial charge in [-0.2, -0.15) is 5.10 Å². The SMILES string of the molecule is COc1cc(C(=O)N/N=C\c2c[nH]c3ccccc23)cc(OC)c1OC. The van der Waals surface area contributed by atoms with Crippen LogP contribution in [0.25, 0.3) is 10.9 Å². The van der Waals surface area contributed by atoms with E-state index in [1.54, 1.807) is 18.3 Å². The van der Waals surface area contributed by atoms with Crippen molar-refractivity contribution in [3.63, 3.8) is 0 Å². The third-order valence-corrected chi connectivity index (χ3v) is 3.92. The van der Waals surface area contributed by atoms with Gasteiger partial charge in [0.1, 0.15) is 0 Å². The topological polar surface area (TPSA) is 84.9 Å². The lowest BCUT2D eigenvalue weighted by atomic mass is 10.1. The summed E-state index contributed by atoms with van der Waals surface area (Å²) in [5.41, 5.74) is 4.73. The molecule has 0 bridgehead atoms. The molecule has 1 aromatic heterocycles. The highest BCUT2D eigenvalue weighted by Crippen LogP contribution is 2.38. The fourth-order valence-electron chi connectivity index (χ4n) is 2.64. The van der Waals surface area contributed by atoms with Crippen molar-refractivity contribution in [1.82, 2.24) is 10.4 Å². The van der Waals surface area contributed by atoms with Crippen LogP contribution in [0.1, 0.15) is 15.9 Å². The van der Waals surface area contributed by atoms with E-state index in [0.29, 0.717) is 22.8 Å².